The average molecular weight is 316 g/mol. The number of hydrogen-bond acceptors (Lipinski definition) is 6. The van der Waals surface area contributed by atoms with Gasteiger partial charge in [-0.05, 0) is 13.0 Å². The van der Waals surface area contributed by atoms with Gasteiger partial charge < -0.3 is 9.26 Å². The first-order valence-corrected chi connectivity index (χ1v) is 8.24. The molecule has 0 aliphatic rings. The van der Waals surface area contributed by atoms with Crippen LogP contribution in [-0.2, 0) is 14.8 Å². The minimum Gasteiger partial charge on any atom is -0.383 e. The van der Waals surface area contributed by atoms with Crippen molar-refractivity contribution in [3.63, 3.8) is 0 Å². The minimum absolute atomic E-state index is 0.278. The fourth-order valence-electron chi connectivity index (χ4n) is 1.57. The molecule has 20 heavy (non-hydrogen) atoms. The summed E-state index contributed by atoms with van der Waals surface area (Å²) in [5, 5.41) is 5.54. The van der Waals surface area contributed by atoms with Gasteiger partial charge in [-0.1, -0.05) is 5.16 Å². The molecule has 6 nitrogen and oxygen atoms in total. The van der Waals surface area contributed by atoms with E-state index < -0.39 is 10.0 Å². The van der Waals surface area contributed by atoms with Crippen molar-refractivity contribution < 1.29 is 17.7 Å². The zero-order chi connectivity index (χ0) is 14.8. The first-order chi connectivity index (χ1) is 9.45. The van der Waals surface area contributed by atoms with Crippen LogP contribution in [0.4, 0.5) is 0 Å². The molecule has 0 aliphatic heterocycles. The van der Waals surface area contributed by atoms with E-state index in [4.69, 9.17) is 9.26 Å². The van der Waals surface area contributed by atoms with Gasteiger partial charge >= 0.3 is 0 Å². The Hall–Kier alpha value is -1.22. The zero-order valence-corrected chi connectivity index (χ0v) is 13.1. The Morgan fingerprint density at radius 1 is 1.45 bits per heavy atom. The van der Waals surface area contributed by atoms with Gasteiger partial charge in [0.1, 0.15) is 4.21 Å². The highest BCUT2D eigenvalue weighted by atomic mass is 32.2. The molecule has 0 saturated carbocycles. The van der Waals surface area contributed by atoms with E-state index in [-0.39, 0.29) is 4.21 Å². The minimum atomic E-state index is -3.48. The quantitative estimate of drug-likeness (QED) is 0.815. The number of thiophene rings is 1. The van der Waals surface area contributed by atoms with Crippen molar-refractivity contribution in [3.8, 4) is 11.3 Å². The lowest BCUT2D eigenvalue weighted by molar-refractivity contribution is 0.185. The van der Waals surface area contributed by atoms with Crippen molar-refractivity contribution >= 4 is 21.4 Å². The number of aryl methyl sites for hydroxylation is 1. The molecule has 0 atom stereocenters. The standard InChI is InChI=1S/C12H16N2O4S2/c1-9-6-11(18-13-9)10-7-12(19-8-10)20(15,16)14(2)4-5-17-3/h6-8H,4-5H2,1-3H3. The van der Waals surface area contributed by atoms with Crippen LogP contribution in [0.15, 0.2) is 26.2 Å². The number of hydrogen-bond donors (Lipinski definition) is 0. The van der Waals surface area contributed by atoms with Gasteiger partial charge in [-0.25, -0.2) is 8.42 Å². The van der Waals surface area contributed by atoms with E-state index in [0.29, 0.717) is 24.5 Å². The third-order valence-corrected chi connectivity index (χ3v) is 6.03. The number of aromatic nitrogens is 1. The van der Waals surface area contributed by atoms with Gasteiger partial charge in [0.2, 0.25) is 0 Å². The summed E-state index contributed by atoms with van der Waals surface area (Å²) in [6, 6.07) is 3.37. The highest BCUT2D eigenvalue weighted by Crippen LogP contribution is 2.30. The van der Waals surface area contributed by atoms with E-state index in [2.05, 4.69) is 5.16 Å². The fraction of sp³-hybridized carbons (Fsp3) is 0.417. The zero-order valence-electron chi connectivity index (χ0n) is 11.5. The largest absolute Gasteiger partial charge is 0.383 e. The maximum absolute atomic E-state index is 12.3. The third kappa shape index (κ3) is 3.09. The van der Waals surface area contributed by atoms with Crippen LogP contribution in [0.1, 0.15) is 5.69 Å². The second-order valence-corrected chi connectivity index (χ2v) is 7.49. The summed E-state index contributed by atoms with van der Waals surface area (Å²) >= 11 is 1.16. The first kappa shape index (κ1) is 15.2. The summed E-state index contributed by atoms with van der Waals surface area (Å²) in [6.45, 7) is 2.48. The maximum Gasteiger partial charge on any atom is 0.252 e. The molecule has 8 heteroatoms. The molecule has 0 aliphatic carbocycles. The van der Waals surface area contributed by atoms with E-state index in [1.165, 1.54) is 18.5 Å². The Labute approximate surface area is 122 Å². The van der Waals surface area contributed by atoms with Gasteiger partial charge in [-0.3, -0.25) is 0 Å². The van der Waals surface area contributed by atoms with E-state index in [0.717, 1.165) is 17.0 Å². The Kier molecular flexibility index (Phi) is 4.59. The van der Waals surface area contributed by atoms with Gasteiger partial charge in [0.15, 0.2) is 5.76 Å². The summed E-state index contributed by atoms with van der Waals surface area (Å²) in [5.74, 6) is 0.569. The molecule has 0 saturated heterocycles. The highest BCUT2D eigenvalue weighted by molar-refractivity contribution is 7.91. The predicted octanol–water partition coefficient (Wildman–Crippen LogP) is 1.98. The van der Waals surface area contributed by atoms with Crippen molar-refractivity contribution in [3.05, 3.63) is 23.2 Å². The number of rotatable bonds is 6. The summed E-state index contributed by atoms with van der Waals surface area (Å²) in [5.41, 5.74) is 1.47. The summed E-state index contributed by atoms with van der Waals surface area (Å²) < 4.78 is 36.2. The monoisotopic (exact) mass is 316 g/mol. The molecule has 0 aromatic carbocycles. The van der Waals surface area contributed by atoms with Crippen LogP contribution in [0.3, 0.4) is 0 Å². The molecule has 110 valence electrons. The number of ether oxygens (including phenoxy) is 1. The van der Waals surface area contributed by atoms with Crippen molar-refractivity contribution in [1.29, 1.82) is 0 Å². The molecule has 2 aromatic rings. The number of nitrogens with zero attached hydrogens (tertiary/aromatic N) is 2. The van der Waals surface area contributed by atoms with Crippen LogP contribution < -0.4 is 0 Å². The molecular weight excluding hydrogens is 300 g/mol. The van der Waals surface area contributed by atoms with Crippen LogP contribution in [0.25, 0.3) is 11.3 Å². The lowest BCUT2D eigenvalue weighted by Crippen LogP contribution is -2.29. The second kappa shape index (κ2) is 6.04. The van der Waals surface area contributed by atoms with Gasteiger partial charge in [-0.2, -0.15) is 4.31 Å². The first-order valence-electron chi connectivity index (χ1n) is 5.92. The van der Waals surface area contributed by atoms with E-state index >= 15 is 0 Å². The SMILES string of the molecule is COCCN(C)S(=O)(=O)c1cc(-c2cc(C)no2)cs1. The molecule has 0 unspecified atom stereocenters. The molecule has 2 aromatic heterocycles. The Balaban J connectivity index is 2.23. The van der Waals surface area contributed by atoms with Crippen molar-refractivity contribution in [2.45, 2.75) is 11.1 Å². The predicted molar refractivity (Wildman–Crippen MR) is 76.2 cm³/mol. The normalized spacial score (nSPS) is 12.2. The molecule has 2 heterocycles. The molecule has 0 radical (unpaired) electrons. The van der Waals surface area contributed by atoms with Gasteiger partial charge in [0, 0.05) is 37.7 Å². The maximum atomic E-state index is 12.3. The van der Waals surface area contributed by atoms with Crippen molar-refractivity contribution in [2.75, 3.05) is 27.3 Å². The molecule has 0 amide bonds. The number of likely N-dealkylation sites (N-methyl/N-ethyl adjacent to an activating group) is 1. The Bertz CT molecular complexity index is 675. The highest BCUT2D eigenvalue weighted by Gasteiger charge is 2.23. The van der Waals surface area contributed by atoms with E-state index in [1.807, 2.05) is 6.92 Å². The lowest BCUT2D eigenvalue weighted by Gasteiger charge is -2.14. The lowest BCUT2D eigenvalue weighted by atomic mass is 10.2. The summed E-state index contributed by atoms with van der Waals surface area (Å²) in [4.78, 5) is 0. The Morgan fingerprint density at radius 3 is 2.80 bits per heavy atom. The van der Waals surface area contributed by atoms with Crippen molar-refractivity contribution in [2.24, 2.45) is 0 Å². The Morgan fingerprint density at radius 2 is 2.20 bits per heavy atom. The van der Waals surface area contributed by atoms with Crippen LogP contribution in [0.5, 0.6) is 0 Å². The topological polar surface area (TPSA) is 72.6 Å². The molecule has 0 N–H and O–H groups in total. The average Bonchev–Trinajstić information content (AvgIpc) is 3.04. The van der Waals surface area contributed by atoms with E-state index in [9.17, 15) is 8.42 Å². The smallest absolute Gasteiger partial charge is 0.252 e. The molecule has 0 spiro atoms. The van der Waals surface area contributed by atoms with E-state index in [1.54, 1.807) is 17.5 Å². The van der Waals surface area contributed by atoms with Crippen LogP contribution >= 0.6 is 11.3 Å². The van der Waals surface area contributed by atoms with Crippen LogP contribution in [0.2, 0.25) is 0 Å². The molecule has 0 bridgehead atoms. The number of methoxy groups -OCH3 is 1. The van der Waals surface area contributed by atoms with Gasteiger partial charge in [0.25, 0.3) is 10.0 Å². The third-order valence-electron chi connectivity index (χ3n) is 2.76. The molecule has 0 fully saturated rings. The molecule has 2 rings (SSSR count). The van der Waals surface area contributed by atoms with Gasteiger partial charge in [0.05, 0.1) is 12.3 Å². The summed E-state index contributed by atoms with van der Waals surface area (Å²) in [6.07, 6.45) is 0. The second-order valence-electron chi connectivity index (χ2n) is 4.31. The summed E-state index contributed by atoms with van der Waals surface area (Å²) in [7, 11) is -0.410. The van der Waals surface area contributed by atoms with Crippen LogP contribution in [-0.4, -0.2) is 45.2 Å². The number of sulfonamides is 1. The fourth-order valence-corrected chi connectivity index (χ4v) is 4.11. The van der Waals surface area contributed by atoms with Crippen LogP contribution in [0, 0.1) is 6.92 Å². The van der Waals surface area contributed by atoms with Crippen molar-refractivity contribution in [1.82, 2.24) is 9.46 Å². The van der Waals surface area contributed by atoms with Gasteiger partial charge in [-0.15, -0.1) is 11.3 Å². The molecular formula is C12H16N2O4S2.